The van der Waals surface area contributed by atoms with E-state index < -0.39 is 28.5 Å². The Labute approximate surface area is 204 Å². The van der Waals surface area contributed by atoms with Gasteiger partial charge in [-0.1, -0.05) is 44.9 Å². The SMILES string of the molecule is C=CCN1C[C@H](OC[C@@]23C[C@@H]4[C@H](C)CC[C@H]4[C@]4(C#N)C[C@@H]2C=C(C(C)C)[C@@]34C(=O)O)O[C@H](C)C1. The van der Waals surface area contributed by atoms with Gasteiger partial charge in [0.15, 0.2) is 6.29 Å². The molecule has 4 aliphatic carbocycles. The van der Waals surface area contributed by atoms with Crippen molar-refractivity contribution in [2.45, 2.75) is 65.8 Å². The number of carbonyl (C=O) groups is 1. The minimum absolute atomic E-state index is 0.0399. The van der Waals surface area contributed by atoms with Crippen molar-refractivity contribution in [2.24, 2.45) is 45.8 Å². The summed E-state index contributed by atoms with van der Waals surface area (Å²) in [5.41, 5.74) is -1.67. The van der Waals surface area contributed by atoms with Crippen LogP contribution in [0.4, 0.5) is 0 Å². The molecule has 0 aromatic carbocycles. The van der Waals surface area contributed by atoms with E-state index in [2.05, 4.69) is 44.4 Å². The summed E-state index contributed by atoms with van der Waals surface area (Å²) in [6.45, 7) is 15.0. The second-order valence-corrected chi connectivity index (χ2v) is 12.1. The van der Waals surface area contributed by atoms with Gasteiger partial charge in [0.05, 0.1) is 24.2 Å². The Kier molecular flexibility index (Phi) is 5.78. The summed E-state index contributed by atoms with van der Waals surface area (Å²) in [7, 11) is 0. The highest BCUT2D eigenvalue weighted by molar-refractivity contribution is 5.85. The van der Waals surface area contributed by atoms with E-state index in [1.807, 2.05) is 13.0 Å². The van der Waals surface area contributed by atoms with Crippen molar-refractivity contribution in [2.75, 3.05) is 26.2 Å². The number of allylic oxidation sites excluding steroid dienone is 1. The van der Waals surface area contributed by atoms with Gasteiger partial charge < -0.3 is 14.6 Å². The molecule has 186 valence electrons. The summed E-state index contributed by atoms with van der Waals surface area (Å²) < 4.78 is 12.7. The lowest BCUT2D eigenvalue weighted by Crippen LogP contribution is -2.63. The van der Waals surface area contributed by atoms with E-state index in [-0.39, 0.29) is 23.9 Å². The van der Waals surface area contributed by atoms with E-state index in [1.165, 1.54) is 0 Å². The maximum atomic E-state index is 13.5. The number of nitrogens with zero attached hydrogens (tertiary/aromatic N) is 2. The smallest absolute Gasteiger partial charge is 0.316 e. The van der Waals surface area contributed by atoms with Crippen LogP contribution < -0.4 is 0 Å². The first-order valence-electron chi connectivity index (χ1n) is 13.1. The van der Waals surface area contributed by atoms with Gasteiger partial charge in [0.25, 0.3) is 0 Å². The molecule has 9 atom stereocenters. The third kappa shape index (κ3) is 2.87. The number of fused-ring (bicyclic) bond motifs is 2. The van der Waals surface area contributed by atoms with Crippen LogP contribution in [0.25, 0.3) is 0 Å². The summed E-state index contributed by atoms with van der Waals surface area (Å²) in [6.07, 6.45) is 7.28. The molecule has 5 aliphatic rings. The minimum atomic E-state index is -1.18. The molecular weight excluding hydrogens is 428 g/mol. The van der Waals surface area contributed by atoms with Gasteiger partial charge in [-0.05, 0) is 55.8 Å². The van der Waals surface area contributed by atoms with Crippen molar-refractivity contribution in [1.29, 1.82) is 5.26 Å². The molecular formula is C28H40N2O4. The van der Waals surface area contributed by atoms with Gasteiger partial charge in [0.1, 0.15) is 5.41 Å². The standard InChI is InChI=1S/C28H40N2O4/c1-6-9-30-13-19(5)34-24(14-30)33-16-27-12-21-18(4)7-8-22(21)26(15-29)11-20(27)10-23(17(2)3)28(26,27)25(31)32/h6,10,17-22,24H,1,7-9,11-14,16H2,2-5H3,(H,31,32)/t18-,19-,20+,21-,22-,24-,26-,27+,28+/m1/s1. The Hall–Kier alpha value is -1.68. The molecule has 1 heterocycles. The van der Waals surface area contributed by atoms with Gasteiger partial charge in [-0.25, -0.2) is 0 Å². The van der Waals surface area contributed by atoms with Crippen molar-refractivity contribution in [3.8, 4) is 6.07 Å². The van der Waals surface area contributed by atoms with Crippen LogP contribution in [-0.2, 0) is 14.3 Å². The number of carboxylic acid groups (broad SMARTS) is 1. The third-order valence-electron chi connectivity index (χ3n) is 10.3. The highest BCUT2D eigenvalue weighted by atomic mass is 16.7. The normalized spacial score (nSPS) is 47.4. The van der Waals surface area contributed by atoms with E-state index in [0.717, 1.165) is 37.9 Å². The summed E-state index contributed by atoms with van der Waals surface area (Å²) in [4.78, 5) is 15.8. The van der Waals surface area contributed by atoms with Crippen molar-refractivity contribution in [3.05, 3.63) is 24.3 Å². The van der Waals surface area contributed by atoms with Gasteiger partial charge in [0.2, 0.25) is 0 Å². The predicted octanol–water partition coefficient (Wildman–Crippen LogP) is 4.49. The van der Waals surface area contributed by atoms with Crippen molar-refractivity contribution in [3.63, 3.8) is 0 Å². The zero-order chi connectivity index (χ0) is 24.5. The molecule has 0 amide bonds. The number of carboxylic acids is 1. The van der Waals surface area contributed by atoms with Gasteiger partial charge >= 0.3 is 5.97 Å². The van der Waals surface area contributed by atoms with E-state index in [0.29, 0.717) is 31.4 Å². The van der Waals surface area contributed by atoms with Gasteiger partial charge in [0, 0.05) is 25.0 Å². The molecule has 0 spiro atoms. The molecule has 4 fully saturated rings. The van der Waals surface area contributed by atoms with E-state index in [9.17, 15) is 15.2 Å². The zero-order valence-electron chi connectivity index (χ0n) is 21.1. The molecule has 3 saturated carbocycles. The fraction of sp³-hybridized carbons (Fsp3) is 0.786. The lowest BCUT2D eigenvalue weighted by molar-refractivity contribution is -0.234. The fourth-order valence-corrected chi connectivity index (χ4v) is 9.20. The van der Waals surface area contributed by atoms with Gasteiger partial charge in [-0.3, -0.25) is 9.69 Å². The van der Waals surface area contributed by atoms with Crippen LogP contribution in [0.1, 0.15) is 53.4 Å². The highest BCUT2D eigenvalue weighted by Crippen LogP contribution is 2.83. The summed E-state index contributed by atoms with van der Waals surface area (Å²) in [5, 5.41) is 21.8. The largest absolute Gasteiger partial charge is 0.481 e. The van der Waals surface area contributed by atoms with Gasteiger partial charge in [-0.15, -0.1) is 6.58 Å². The molecule has 0 unspecified atom stereocenters. The van der Waals surface area contributed by atoms with Crippen molar-refractivity contribution < 1.29 is 19.4 Å². The molecule has 4 bridgehead atoms. The van der Waals surface area contributed by atoms with Crippen LogP contribution in [-0.4, -0.2) is 54.6 Å². The Morgan fingerprint density at radius 1 is 1.38 bits per heavy atom. The second kappa shape index (κ2) is 8.18. The Balaban J connectivity index is 1.56. The van der Waals surface area contributed by atoms with Crippen LogP contribution in [0.5, 0.6) is 0 Å². The average Bonchev–Trinajstić information content (AvgIpc) is 3.35. The first kappa shape index (κ1) is 24.0. The topological polar surface area (TPSA) is 82.8 Å². The number of nitriles is 1. The lowest BCUT2D eigenvalue weighted by Gasteiger charge is -2.57. The third-order valence-corrected chi connectivity index (χ3v) is 10.3. The maximum Gasteiger partial charge on any atom is 0.316 e. The average molecular weight is 469 g/mol. The molecule has 1 aliphatic heterocycles. The van der Waals surface area contributed by atoms with Crippen LogP contribution in [0.3, 0.4) is 0 Å². The lowest BCUT2D eigenvalue weighted by atomic mass is 9.43. The van der Waals surface area contributed by atoms with E-state index in [1.54, 1.807) is 0 Å². The first-order valence-corrected chi connectivity index (χ1v) is 13.1. The Morgan fingerprint density at radius 2 is 2.15 bits per heavy atom. The monoisotopic (exact) mass is 468 g/mol. The maximum absolute atomic E-state index is 13.5. The Morgan fingerprint density at radius 3 is 2.79 bits per heavy atom. The van der Waals surface area contributed by atoms with Gasteiger partial charge in [-0.2, -0.15) is 5.26 Å². The quantitative estimate of drug-likeness (QED) is 0.555. The summed E-state index contributed by atoms with van der Waals surface area (Å²) in [5.74, 6) is 0.364. The van der Waals surface area contributed by atoms with Crippen molar-refractivity contribution in [1.82, 2.24) is 4.90 Å². The number of aliphatic carboxylic acids is 1. The molecule has 0 radical (unpaired) electrons. The predicted molar refractivity (Wildman–Crippen MR) is 128 cm³/mol. The molecule has 34 heavy (non-hydrogen) atoms. The second-order valence-electron chi connectivity index (χ2n) is 12.1. The summed E-state index contributed by atoms with van der Waals surface area (Å²) >= 11 is 0. The van der Waals surface area contributed by atoms with Crippen LogP contribution in [0.2, 0.25) is 0 Å². The number of morpholine rings is 1. The van der Waals surface area contributed by atoms with E-state index >= 15 is 0 Å². The molecule has 1 saturated heterocycles. The molecule has 6 nitrogen and oxygen atoms in total. The first-order chi connectivity index (χ1) is 16.2. The number of hydrogen-bond donors (Lipinski definition) is 1. The minimum Gasteiger partial charge on any atom is -0.481 e. The molecule has 1 N–H and O–H groups in total. The molecule has 0 aromatic rings. The number of ether oxygens (including phenoxy) is 2. The molecule has 6 heteroatoms. The van der Waals surface area contributed by atoms with Crippen LogP contribution in [0.15, 0.2) is 24.3 Å². The molecule has 0 aromatic heterocycles. The Bertz CT molecular complexity index is 939. The summed E-state index contributed by atoms with van der Waals surface area (Å²) in [6, 6.07) is 2.71. The fourth-order valence-electron chi connectivity index (χ4n) is 9.20. The highest BCUT2D eigenvalue weighted by Gasteiger charge is 2.84. The zero-order valence-corrected chi connectivity index (χ0v) is 21.1. The number of hydrogen-bond acceptors (Lipinski definition) is 5. The number of rotatable bonds is 7. The van der Waals surface area contributed by atoms with Crippen molar-refractivity contribution >= 4 is 5.97 Å². The van der Waals surface area contributed by atoms with Crippen LogP contribution in [0, 0.1) is 57.2 Å². The molecule has 5 rings (SSSR count). The van der Waals surface area contributed by atoms with Crippen LogP contribution >= 0.6 is 0 Å². The van der Waals surface area contributed by atoms with E-state index in [4.69, 9.17) is 9.47 Å².